The molecule has 1 amide bonds. The number of nitrogens with two attached hydrogens (primary N) is 1. The van der Waals surface area contributed by atoms with Crippen LogP contribution in [0.25, 0.3) is 39.1 Å². The smallest absolute Gasteiger partial charge is 0.410 e. The van der Waals surface area contributed by atoms with Gasteiger partial charge in [0.15, 0.2) is 11.5 Å². The number of aromatic nitrogens is 5. The van der Waals surface area contributed by atoms with E-state index in [0.29, 0.717) is 42.8 Å². The molecule has 0 bridgehead atoms. The quantitative estimate of drug-likeness (QED) is 0.156. The predicted octanol–water partition coefficient (Wildman–Crippen LogP) is 7.71. The highest BCUT2D eigenvalue weighted by Gasteiger charge is 2.31. The van der Waals surface area contributed by atoms with Crippen LogP contribution in [-0.4, -0.2) is 60.4 Å². The number of carbonyl (C=O) groups is 1. The molecule has 50 heavy (non-hydrogen) atoms. The Morgan fingerprint density at radius 1 is 1.04 bits per heavy atom. The van der Waals surface area contributed by atoms with Crippen molar-refractivity contribution in [3.05, 3.63) is 96.3 Å². The van der Waals surface area contributed by atoms with Gasteiger partial charge < -0.3 is 25.4 Å². The number of carbonyl (C=O) groups excluding carboxylic acids is 1. The van der Waals surface area contributed by atoms with E-state index in [1.807, 2.05) is 93.8 Å². The molecule has 1 aliphatic heterocycles. The van der Waals surface area contributed by atoms with E-state index >= 15 is 0 Å². The number of rotatable bonds is 8. The summed E-state index contributed by atoms with van der Waals surface area (Å²) >= 11 is 0. The second-order valence-corrected chi connectivity index (χ2v) is 14.0. The number of anilines is 2. The summed E-state index contributed by atoms with van der Waals surface area (Å²) in [5.41, 5.74) is 11.8. The summed E-state index contributed by atoms with van der Waals surface area (Å²) in [6.07, 6.45) is 3.94. The number of fused-ring (bicyclic) bond motifs is 2. The van der Waals surface area contributed by atoms with Crippen LogP contribution in [0.3, 0.4) is 0 Å². The van der Waals surface area contributed by atoms with Crippen LogP contribution in [0.4, 0.5) is 16.4 Å². The van der Waals surface area contributed by atoms with Crippen molar-refractivity contribution in [1.29, 1.82) is 0 Å². The van der Waals surface area contributed by atoms with Crippen LogP contribution in [0, 0.1) is 0 Å². The Balaban J connectivity index is 1.17. The van der Waals surface area contributed by atoms with Crippen LogP contribution < -0.4 is 15.8 Å². The van der Waals surface area contributed by atoms with Gasteiger partial charge >= 0.3 is 6.09 Å². The number of nitrogen functional groups attached to an aromatic ring is 1. The highest BCUT2D eigenvalue weighted by molar-refractivity contribution is 5.96. The number of nitrogens with zero attached hydrogens (tertiary/aromatic N) is 6. The summed E-state index contributed by atoms with van der Waals surface area (Å²) in [6.45, 7) is 11.4. The summed E-state index contributed by atoms with van der Waals surface area (Å²) in [7, 11) is 0. The van der Waals surface area contributed by atoms with Crippen LogP contribution >= 0.6 is 0 Å². The minimum absolute atomic E-state index is 0.144. The molecule has 1 fully saturated rings. The maximum atomic E-state index is 12.6. The summed E-state index contributed by atoms with van der Waals surface area (Å²) in [4.78, 5) is 29.1. The van der Waals surface area contributed by atoms with Crippen molar-refractivity contribution in [3.63, 3.8) is 0 Å². The van der Waals surface area contributed by atoms with Gasteiger partial charge in [-0.15, -0.1) is 0 Å². The SMILES string of the molecule is CC(C)c1cnn2c(NCc3ccccc3-c3nccc4cc(N)ccc34)nc(-c3cccc(OC4CCN(C(=O)OC(C)(C)C)C4)c3)nc12. The van der Waals surface area contributed by atoms with Gasteiger partial charge in [0, 0.05) is 53.5 Å². The van der Waals surface area contributed by atoms with Crippen molar-refractivity contribution in [1.82, 2.24) is 29.5 Å². The Hall–Kier alpha value is -5.71. The molecule has 3 N–H and O–H groups in total. The molecule has 11 heteroatoms. The zero-order chi connectivity index (χ0) is 35.0. The van der Waals surface area contributed by atoms with Gasteiger partial charge in [0.25, 0.3) is 0 Å². The fraction of sp³-hybridized carbons (Fsp3) is 0.308. The van der Waals surface area contributed by atoms with Crippen LogP contribution in [0.1, 0.15) is 58.1 Å². The van der Waals surface area contributed by atoms with Gasteiger partial charge in [-0.05, 0) is 68.0 Å². The van der Waals surface area contributed by atoms with Crippen molar-refractivity contribution >= 4 is 34.1 Å². The number of nitrogens with one attached hydrogen (secondary N) is 1. The first-order chi connectivity index (χ1) is 24.0. The molecule has 7 rings (SSSR count). The Kier molecular flexibility index (Phi) is 8.73. The highest BCUT2D eigenvalue weighted by Crippen LogP contribution is 2.32. The minimum atomic E-state index is -0.545. The van der Waals surface area contributed by atoms with E-state index in [2.05, 4.69) is 36.4 Å². The Bertz CT molecular complexity index is 2190. The van der Waals surface area contributed by atoms with Gasteiger partial charge in [-0.3, -0.25) is 4.98 Å². The van der Waals surface area contributed by atoms with Gasteiger partial charge in [-0.2, -0.15) is 14.6 Å². The highest BCUT2D eigenvalue weighted by atomic mass is 16.6. The van der Waals surface area contributed by atoms with E-state index in [1.165, 1.54) is 0 Å². The molecular formula is C39H42N8O3. The van der Waals surface area contributed by atoms with E-state index in [-0.39, 0.29) is 18.1 Å². The molecule has 0 saturated carbocycles. The molecule has 0 aliphatic carbocycles. The lowest BCUT2D eigenvalue weighted by Crippen LogP contribution is -2.36. The molecule has 3 aromatic heterocycles. The van der Waals surface area contributed by atoms with Gasteiger partial charge in [-0.25, -0.2) is 9.78 Å². The lowest BCUT2D eigenvalue weighted by Gasteiger charge is -2.24. The van der Waals surface area contributed by atoms with Crippen molar-refractivity contribution in [2.24, 2.45) is 0 Å². The number of likely N-dealkylation sites (tertiary alicyclic amines) is 1. The zero-order valence-electron chi connectivity index (χ0n) is 29.1. The lowest BCUT2D eigenvalue weighted by molar-refractivity contribution is 0.0275. The van der Waals surface area contributed by atoms with Gasteiger partial charge in [-0.1, -0.05) is 56.3 Å². The van der Waals surface area contributed by atoms with Crippen molar-refractivity contribution in [2.45, 2.75) is 65.2 Å². The number of pyridine rings is 1. The van der Waals surface area contributed by atoms with Crippen LogP contribution in [0.2, 0.25) is 0 Å². The molecule has 3 aromatic carbocycles. The molecule has 0 radical (unpaired) electrons. The summed E-state index contributed by atoms with van der Waals surface area (Å²) < 4.78 is 13.7. The van der Waals surface area contributed by atoms with Crippen molar-refractivity contribution < 1.29 is 14.3 Å². The van der Waals surface area contributed by atoms with E-state index in [9.17, 15) is 4.79 Å². The molecule has 1 unspecified atom stereocenters. The zero-order valence-corrected chi connectivity index (χ0v) is 29.1. The predicted molar refractivity (Wildman–Crippen MR) is 196 cm³/mol. The first-order valence-corrected chi connectivity index (χ1v) is 17.0. The third kappa shape index (κ3) is 6.89. The number of amides is 1. The van der Waals surface area contributed by atoms with E-state index < -0.39 is 5.60 Å². The summed E-state index contributed by atoms with van der Waals surface area (Å²) in [6, 6.07) is 23.9. The van der Waals surface area contributed by atoms with Crippen LogP contribution in [0.5, 0.6) is 5.75 Å². The average Bonchev–Trinajstić information content (AvgIpc) is 3.74. The molecule has 1 saturated heterocycles. The Morgan fingerprint density at radius 3 is 2.70 bits per heavy atom. The number of hydrogen-bond acceptors (Lipinski definition) is 9. The fourth-order valence-corrected chi connectivity index (χ4v) is 6.25. The maximum absolute atomic E-state index is 12.6. The van der Waals surface area contributed by atoms with Crippen LogP contribution in [-0.2, 0) is 11.3 Å². The normalized spacial score (nSPS) is 14.8. The van der Waals surface area contributed by atoms with E-state index in [1.54, 1.807) is 9.42 Å². The van der Waals surface area contributed by atoms with Crippen LogP contribution in [0.15, 0.2) is 85.2 Å². The van der Waals surface area contributed by atoms with Crippen molar-refractivity contribution in [2.75, 3.05) is 24.1 Å². The molecular weight excluding hydrogens is 628 g/mol. The summed E-state index contributed by atoms with van der Waals surface area (Å²) in [5.74, 6) is 2.02. The van der Waals surface area contributed by atoms with Gasteiger partial charge in [0.05, 0.1) is 18.4 Å². The first kappa shape index (κ1) is 32.8. The molecule has 11 nitrogen and oxygen atoms in total. The second kappa shape index (κ2) is 13.3. The minimum Gasteiger partial charge on any atom is -0.488 e. The molecule has 1 atom stereocenters. The third-order valence-electron chi connectivity index (χ3n) is 8.71. The van der Waals surface area contributed by atoms with Crippen molar-refractivity contribution in [3.8, 4) is 28.4 Å². The third-order valence-corrected chi connectivity index (χ3v) is 8.71. The van der Waals surface area contributed by atoms with E-state index in [4.69, 9.17) is 30.2 Å². The van der Waals surface area contributed by atoms with Gasteiger partial charge in [0.1, 0.15) is 17.5 Å². The first-order valence-electron chi connectivity index (χ1n) is 17.0. The van der Waals surface area contributed by atoms with Gasteiger partial charge in [0.2, 0.25) is 5.95 Å². The standard InChI is InChI=1S/C39H42N8O3/c1-24(2)33-22-43-47-36(33)44-35(26-10-8-11-29(20-26)49-30-16-18-46(23-30)38(48)50-39(3,4)5)45-37(47)42-21-27-9-6-7-12-31(27)34-32-14-13-28(40)19-25(32)15-17-41-34/h6-15,17,19-20,22,24,30H,16,18,21,23,40H2,1-5H3,(H,42,44,45). The molecule has 4 heterocycles. The monoisotopic (exact) mass is 670 g/mol. The number of ether oxygens (including phenoxy) is 2. The molecule has 1 aliphatic rings. The van der Waals surface area contributed by atoms with E-state index in [0.717, 1.165) is 50.8 Å². The maximum Gasteiger partial charge on any atom is 0.410 e. The fourth-order valence-electron chi connectivity index (χ4n) is 6.25. The molecule has 0 spiro atoms. The second-order valence-electron chi connectivity index (χ2n) is 14.0. The largest absolute Gasteiger partial charge is 0.488 e. The number of hydrogen-bond donors (Lipinski definition) is 2. The Morgan fingerprint density at radius 2 is 1.88 bits per heavy atom. The number of benzene rings is 3. The lowest BCUT2D eigenvalue weighted by atomic mass is 9.99. The average molecular weight is 671 g/mol. The topological polar surface area (TPSA) is 133 Å². The Labute approximate surface area is 291 Å². The summed E-state index contributed by atoms with van der Waals surface area (Å²) in [5, 5.41) is 10.3. The molecule has 256 valence electrons. The molecule has 6 aromatic rings.